The van der Waals surface area contributed by atoms with Crippen LogP contribution < -0.4 is 0 Å². The van der Waals surface area contributed by atoms with E-state index in [1.165, 1.54) is 0 Å². The SMILES string of the molecule is CC1C(=O)C(Br)C2CCC1O2. The third-order valence-corrected chi connectivity index (χ3v) is 3.73. The summed E-state index contributed by atoms with van der Waals surface area (Å²) in [6.45, 7) is 1.96. The molecule has 2 saturated heterocycles. The minimum atomic E-state index is -0.0451. The fourth-order valence-corrected chi connectivity index (χ4v) is 2.70. The van der Waals surface area contributed by atoms with E-state index in [0.717, 1.165) is 12.8 Å². The van der Waals surface area contributed by atoms with Crippen LogP contribution in [0.2, 0.25) is 0 Å². The van der Waals surface area contributed by atoms with Crippen LogP contribution in [0, 0.1) is 5.92 Å². The molecule has 11 heavy (non-hydrogen) atoms. The maximum atomic E-state index is 11.5. The van der Waals surface area contributed by atoms with Crippen molar-refractivity contribution in [1.82, 2.24) is 0 Å². The third kappa shape index (κ3) is 1.05. The zero-order valence-electron chi connectivity index (χ0n) is 6.42. The van der Waals surface area contributed by atoms with Gasteiger partial charge in [-0.3, -0.25) is 4.79 Å². The Bertz CT molecular complexity index is 175. The summed E-state index contributed by atoms with van der Waals surface area (Å²) in [5, 5.41) is 0. The maximum absolute atomic E-state index is 11.5. The van der Waals surface area contributed by atoms with Gasteiger partial charge >= 0.3 is 0 Å². The lowest BCUT2D eigenvalue weighted by Crippen LogP contribution is -2.42. The van der Waals surface area contributed by atoms with Gasteiger partial charge in [0.2, 0.25) is 0 Å². The predicted molar refractivity (Wildman–Crippen MR) is 44.8 cm³/mol. The molecule has 0 aliphatic carbocycles. The number of alkyl halides is 1. The van der Waals surface area contributed by atoms with Gasteiger partial charge in [-0.25, -0.2) is 0 Å². The summed E-state index contributed by atoms with van der Waals surface area (Å²) < 4.78 is 5.62. The lowest BCUT2D eigenvalue weighted by Gasteiger charge is -2.29. The Morgan fingerprint density at radius 3 is 2.82 bits per heavy atom. The highest BCUT2D eigenvalue weighted by atomic mass is 79.9. The molecule has 0 aromatic rings. The highest BCUT2D eigenvalue weighted by Gasteiger charge is 2.45. The van der Waals surface area contributed by atoms with E-state index in [2.05, 4.69) is 15.9 Å². The highest BCUT2D eigenvalue weighted by Crippen LogP contribution is 2.37. The van der Waals surface area contributed by atoms with Crippen LogP contribution in [0.3, 0.4) is 0 Å². The Balaban J connectivity index is 2.23. The van der Waals surface area contributed by atoms with Crippen molar-refractivity contribution in [2.45, 2.75) is 36.8 Å². The van der Waals surface area contributed by atoms with Crippen molar-refractivity contribution < 1.29 is 9.53 Å². The fourth-order valence-electron chi connectivity index (χ4n) is 1.89. The number of ether oxygens (including phenoxy) is 1. The largest absolute Gasteiger partial charge is 0.373 e. The molecule has 62 valence electrons. The number of Topliss-reactive ketones (excluding diaryl/α,β-unsaturated/α-hetero) is 1. The quantitative estimate of drug-likeness (QED) is 0.577. The van der Waals surface area contributed by atoms with Gasteiger partial charge in [-0.15, -0.1) is 0 Å². The first-order valence-corrected chi connectivity index (χ1v) is 4.95. The topological polar surface area (TPSA) is 26.3 Å². The van der Waals surface area contributed by atoms with E-state index < -0.39 is 0 Å². The van der Waals surface area contributed by atoms with E-state index in [-0.39, 0.29) is 23.0 Å². The maximum Gasteiger partial charge on any atom is 0.154 e. The van der Waals surface area contributed by atoms with Crippen LogP contribution in [0.15, 0.2) is 0 Å². The number of ketones is 1. The second kappa shape index (κ2) is 2.56. The molecular weight excluding hydrogens is 208 g/mol. The monoisotopic (exact) mass is 218 g/mol. The number of carbonyl (C=O) groups excluding carboxylic acids is 1. The lowest BCUT2D eigenvalue weighted by atomic mass is 9.96. The lowest BCUT2D eigenvalue weighted by molar-refractivity contribution is -0.135. The van der Waals surface area contributed by atoms with Crippen molar-refractivity contribution in [2.75, 3.05) is 0 Å². The highest BCUT2D eigenvalue weighted by molar-refractivity contribution is 9.10. The van der Waals surface area contributed by atoms with Crippen molar-refractivity contribution >= 4 is 21.7 Å². The molecule has 2 bridgehead atoms. The van der Waals surface area contributed by atoms with Crippen molar-refractivity contribution in [3.8, 4) is 0 Å². The van der Waals surface area contributed by atoms with E-state index in [1.807, 2.05) is 6.92 Å². The molecule has 0 N–H and O–H groups in total. The molecule has 0 amide bonds. The van der Waals surface area contributed by atoms with Crippen LogP contribution in [0.4, 0.5) is 0 Å². The van der Waals surface area contributed by atoms with Crippen molar-refractivity contribution in [1.29, 1.82) is 0 Å². The summed E-state index contributed by atoms with van der Waals surface area (Å²) in [4.78, 5) is 11.4. The summed E-state index contributed by atoms with van der Waals surface area (Å²) in [6, 6.07) is 0. The fraction of sp³-hybridized carbons (Fsp3) is 0.875. The van der Waals surface area contributed by atoms with E-state index in [1.54, 1.807) is 0 Å². The predicted octanol–water partition coefficient (Wildman–Crippen LogP) is 1.52. The van der Waals surface area contributed by atoms with Crippen molar-refractivity contribution in [3.05, 3.63) is 0 Å². The van der Waals surface area contributed by atoms with E-state index in [0.29, 0.717) is 5.78 Å². The Morgan fingerprint density at radius 2 is 2.09 bits per heavy atom. The van der Waals surface area contributed by atoms with Gasteiger partial charge in [0.25, 0.3) is 0 Å². The first-order valence-electron chi connectivity index (χ1n) is 4.03. The second-order valence-electron chi connectivity index (χ2n) is 3.38. The van der Waals surface area contributed by atoms with Gasteiger partial charge in [-0.1, -0.05) is 22.9 Å². The molecule has 2 fully saturated rings. The van der Waals surface area contributed by atoms with Gasteiger partial charge in [0.05, 0.1) is 17.0 Å². The molecule has 4 unspecified atom stereocenters. The molecule has 2 aliphatic rings. The van der Waals surface area contributed by atoms with Crippen molar-refractivity contribution in [3.63, 3.8) is 0 Å². The summed E-state index contributed by atoms with van der Waals surface area (Å²) in [5.74, 6) is 0.418. The molecule has 2 aliphatic heterocycles. The molecular formula is C8H11BrO2. The normalized spacial score (nSPS) is 49.8. The molecule has 4 atom stereocenters. The third-order valence-electron chi connectivity index (χ3n) is 2.69. The average Bonchev–Trinajstić information content (AvgIpc) is 2.44. The Morgan fingerprint density at radius 1 is 1.45 bits per heavy atom. The van der Waals surface area contributed by atoms with Crippen LogP contribution in [0.25, 0.3) is 0 Å². The van der Waals surface area contributed by atoms with Gasteiger partial charge in [0.1, 0.15) is 0 Å². The second-order valence-corrected chi connectivity index (χ2v) is 4.37. The smallest absolute Gasteiger partial charge is 0.154 e. The van der Waals surface area contributed by atoms with E-state index in [9.17, 15) is 4.79 Å². The molecule has 2 nitrogen and oxygen atoms in total. The zero-order valence-corrected chi connectivity index (χ0v) is 8.00. The minimum absolute atomic E-state index is 0.0451. The van der Waals surface area contributed by atoms with Crippen LogP contribution in [-0.2, 0) is 9.53 Å². The molecule has 0 aromatic heterocycles. The summed E-state index contributed by atoms with van der Waals surface area (Å²) in [6.07, 6.45) is 2.46. The van der Waals surface area contributed by atoms with Gasteiger partial charge in [0.15, 0.2) is 5.78 Å². The molecule has 3 heteroatoms. The number of hydrogen-bond acceptors (Lipinski definition) is 2. The van der Waals surface area contributed by atoms with Gasteiger partial charge < -0.3 is 4.74 Å². The molecule has 0 saturated carbocycles. The summed E-state index contributed by atoms with van der Waals surface area (Å²) in [7, 11) is 0. The minimum Gasteiger partial charge on any atom is -0.373 e. The summed E-state index contributed by atoms with van der Waals surface area (Å²) >= 11 is 3.37. The molecule has 0 spiro atoms. The first kappa shape index (κ1) is 7.74. The number of fused-ring (bicyclic) bond motifs is 2. The Labute approximate surface area is 74.4 Å². The molecule has 0 radical (unpaired) electrons. The number of carbonyl (C=O) groups is 1. The molecule has 2 heterocycles. The van der Waals surface area contributed by atoms with E-state index >= 15 is 0 Å². The standard InChI is InChI=1S/C8H11BrO2/c1-4-5-2-3-6(11-5)7(9)8(4)10/h4-7H,2-3H2,1H3. The number of rotatable bonds is 0. The van der Waals surface area contributed by atoms with E-state index in [4.69, 9.17) is 4.74 Å². The van der Waals surface area contributed by atoms with Gasteiger partial charge in [0, 0.05) is 5.92 Å². The summed E-state index contributed by atoms with van der Waals surface area (Å²) in [5.41, 5.74) is 0. The first-order chi connectivity index (χ1) is 5.20. The average molecular weight is 219 g/mol. The van der Waals surface area contributed by atoms with Crippen LogP contribution in [-0.4, -0.2) is 22.8 Å². The Kier molecular flexibility index (Phi) is 1.80. The zero-order chi connectivity index (χ0) is 8.01. The van der Waals surface area contributed by atoms with Crippen LogP contribution >= 0.6 is 15.9 Å². The van der Waals surface area contributed by atoms with Crippen molar-refractivity contribution in [2.24, 2.45) is 5.92 Å². The van der Waals surface area contributed by atoms with Gasteiger partial charge in [-0.05, 0) is 12.8 Å². The molecule has 0 aromatic carbocycles. The van der Waals surface area contributed by atoms with Crippen LogP contribution in [0.5, 0.6) is 0 Å². The van der Waals surface area contributed by atoms with Gasteiger partial charge in [-0.2, -0.15) is 0 Å². The molecule has 2 rings (SSSR count). The van der Waals surface area contributed by atoms with Crippen LogP contribution in [0.1, 0.15) is 19.8 Å². The number of halogens is 1. The Hall–Kier alpha value is 0.110. The number of hydrogen-bond donors (Lipinski definition) is 0.